The van der Waals surface area contributed by atoms with Crippen molar-refractivity contribution in [3.05, 3.63) is 0 Å². The van der Waals surface area contributed by atoms with Gasteiger partial charge >= 0.3 is 0 Å². The maximum Gasteiger partial charge on any atom is 0.238 e. The lowest BCUT2D eigenvalue weighted by molar-refractivity contribution is -0.205. The summed E-state index contributed by atoms with van der Waals surface area (Å²) in [5.74, 6) is -0.621. The van der Waals surface area contributed by atoms with E-state index in [4.69, 9.17) is 16.3 Å². The zero-order valence-corrected chi connectivity index (χ0v) is 16.7. The van der Waals surface area contributed by atoms with E-state index in [1.807, 2.05) is 0 Å². The van der Waals surface area contributed by atoms with Gasteiger partial charge in [-0.2, -0.15) is 0 Å². The molecule has 0 spiro atoms. The smallest absolute Gasteiger partial charge is 0.238 e. The van der Waals surface area contributed by atoms with Gasteiger partial charge in [-0.1, -0.05) is 0 Å². The Kier molecular flexibility index (Phi) is 8.54. The molecule has 0 unspecified atom stereocenters. The van der Waals surface area contributed by atoms with Crippen molar-refractivity contribution in [2.24, 2.45) is 5.92 Å². The van der Waals surface area contributed by atoms with E-state index in [1.54, 1.807) is 13.2 Å². The second kappa shape index (κ2) is 10.00. The highest BCUT2D eigenvalue weighted by molar-refractivity contribution is 7.99. The van der Waals surface area contributed by atoms with Gasteiger partial charge in [0, 0.05) is 13.0 Å². The maximum absolute atomic E-state index is 12.6. The Bertz CT molecular complexity index is 505. The van der Waals surface area contributed by atoms with Gasteiger partial charge < -0.3 is 30.7 Å². The first kappa shape index (κ1) is 23.1. The first-order chi connectivity index (χ1) is 12.7. The van der Waals surface area contributed by atoms with Gasteiger partial charge in [0.15, 0.2) is 0 Å². The van der Waals surface area contributed by atoms with Gasteiger partial charge in [-0.05, 0) is 25.5 Å². The van der Waals surface area contributed by atoms with Crippen LogP contribution in [-0.2, 0) is 9.53 Å². The van der Waals surface area contributed by atoms with Gasteiger partial charge in [-0.25, -0.2) is 8.78 Å². The minimum Gasteiger partial charge on any atom is -0.388 e. The quantitative estimate of drug-likeness (QED) is 0.341. The van der Waals surface area contributed by atoms with Crippen molar-refractivity contribution >= 4 is 29.3 Å². The van der Waals surface area contributed by atoms with Crippen LogP contribution >= 0.6 is 23.4 Å². The monoisotopic (exact) mass is 432 g/mol. The molecule has 0 radical (unpaired) electrons. The minimum atomic E-state index is -2.41. The molecule has 2 aliphatic heterocycles. The van der Waals surface area contributed by atoms with E-state index in [0.29, 0.717) is 6.54 Å². The van der Waals surface area contributed by atoms with E-state index in [2.05, 4.69) is 10.6 Å². The number of carbonyl (C=O) groups excluding carboxylic acids is 1. The summed E-state index contributed by atoms with van der Waals surface area (Å²) in [5.41, 5.74) is -0.788. The fraction of sp³-hybridized carbons (Fsp3) is 0.938. The molecule has 2 saturated heterocycles. The highest BCUT2D eigenvalue weighted by atomic mass is 35.5. The van der Waals surface area contributed by atoms with Crippen molar-refractivity contribution in [2.45, 2.75) is 73.5 Å². The van der Waals surface area contributed by atoms with Crippen molar-refractivity contribution in [1.82, 2.24) is 10.6 Å². The van der Waals surface area contributed by atoms with Crippen molar-refractivity contribution in [3.8, 4) is 0 Å². The molecule has 0 saturated carbocycles. The van der Waals surface area contributed by atoms with Crippen LogP contribution in [0.4, 0.5) is 8.78 Å². The van der Waals surface area contributed by atoms with E-state index in [0.717, 1.165) is 11.8 Å². The summed E-state index contributed by atoms with van der Waals surface area (Å²) < 4.78 is 30.5. The Morgan fingerprint density at radius 3 is 2.48 bits per heavy atom. The second-order valence-corrected chi connectivity index (χ2v) is 8.63. The molecule has 9 atom stereocenters. The van der Waals surface area contributed by atoms with Crippen molar-refractivity contribution in [2.75, 3.05) is 12.8 Å². The van der Waals surface area contributed by atoms with Gasteiger partial charge in [-0.3, -0.25) is 4.79 Å². The number of hydrogen-bond acceptors (Lipinski definition) is 7. The average Bonchev–Trinajstić information content (AvgIpc) is 2.57. The largest absolute Gasteiger partial charge is 0.388 e. The summed E-state index contributed by atoms with van der Waals surface area (Å²) in [5, 5.41) is 35.3. The standard InChI is InChI=1S/C16H27ClF2N2O5S/c1-6(17)9(14-12(23)11(22)13(24)16(26-14)27-2)21-15(25)10-7(5-20-10)3-4-8(18)19/h6-14,16,20,22-24H,3-5H2,1-2H3,(H,21,25)/t6-,7-,9+,10-,11-,12+,13+,14+,16+/m0/s1. The van der Waals surface area contributed by atoms with Crippen LogP contribution in [0.3, 0.4) is 0 Å². The molecule has 5 N–H and O–H groups in total. The second-order valence-electron chi connectivity index (χ2n) is 7.00. The third-order valence-corrected chi connectivity index (χ3v) is 6.23. The van der Waals surface area contributed by atoms with Gasteiger partial charge in [0.05, 0.1) is 17.5 Å². The van der Waals surface area contributed by atoms with Crippen molar-refractivity contribution in [3.63, 3.8) is 0 Å². The van der Waals surface area contributed by atoms with E-state index < -0.39 is 59.6 Å². The lowest BCUT2D eigenvalue weighted by atomic mass is 9.86. The Balaban J connectivity index is 2.03. The Labute approximate surface area is 166 Å². The average molecular weight is 433 g/mol. The lowest BCUT2D eigenvalue weighted by Crippen LogP contribution is -2.67. The van der Waals surface area contributed by atoms with Crippen LogP contribution in [0.2, 0.25) is 0 Å². The Hall–Kier alpha value is -0.230. The topological polar surface area (TPSA) is 111 Å². The fourth-order valence-corrected chi connectivity index (χ4v) is 4.28. The van der Waals surface area contributed by atoms with E-state index in [1.165, 1.54) is 0 Å². The molecule has 2 aliphatic rings. The number of carbonyl (C=O) groups is 1. The minimum absolute atomic E-state index is 0.200. The van der Waals surface area contributed by atoms with Crippen LogP contribution in [0.5, 0.6) is 0 Å². The van der Waals surface area contributed by atoms with Crippen LogP contribution in [0, 0.1) is 5.92 Å². The Morgan fingerprint density at radius 2 is 2.00 bits per heavy atom. The molecule has 0 bridgehead atoms. The highest BCUT2D eigenvalue weighted by Gasteiger charge is 2.48. The molecule has 0 aromatic rings. The molecule has 0 aliphatic carbocycles. The number of rotatable bonds is 8. The summed E-state index contributed by atoms with van der Waals surface area (Å²) in [7, 11) is 0. The third kappa shape index (κ3) is 5.43. The number of aliphatic hydroxyl groups is 3. The van der Waals surface area contributed by atoms with Crippen molar-refractivity contribution in [1.29, 1.82) is 0 Å². The number of aliphatic hydroxyl groups excluding tert-OH is 3. The third-order valence-electron chi connectivity index (χ3n) is 5.11. The molecular formula is C16H27ClF2N2O5S. The molecule has 11 heteroatoms. The van der Waals surface area contributed by atoms with Crippen LogP contribution in [0.15, 0.2) is 0 Å². The molecule has 0 aromatic carbocycles. The molecule has 1 amide bonds. The van der Waals surface area contributed by atoms with E-state index in [-0.39, 0.29) is 18.8 Å². The lowest BCUT2D eigenvalue weighted by Gasteiger charge is -2.45. The number of thioether (sulfide) groups is 1. The zero-order valence-electron chi connectivity index (χ0n) is 15.1. The van der Waals surface area contributed by atoms with Gasteiger partial charge in [-0.15, -0.1) is 23.4 Å². The van der Waals surface area contributed by atoms with Gasteiger partial charge in [0.2, 0.25) is 12.3 Å². The number of amides is 1. The summed E-state index contributed by atoms with van der Waals surface area (Å²) in [6.45, 7) is 2.09. The van der Waals surface area contributed by atoms with Crippen LogP contribution in [-0.4, -0.2) is 87.8 Å². The van der Waals surface area contributed by atoms with E-state index >= 15 is 0 Å². The number of ether oxygens (including phenoxy) is 1. The molecule has 27 heavy (non-hydrogen) atoms. The fourth-order valence-electron chi connectivity index (χ4n) is 3.40. The number of alkyl halides is 3. The predicted molar refractivity (Wildman–Crippen MR) is 98.0 cm³/mol. The van der Waals surface area contributed by atoms with E-state index in [9.17, 15) is 28.9 Å². The molecule has 2 rings (SSSR count). The first-order valence-corrected chi connectivity index (χ1v) is 10.6. The molecule has 2 heterocycles. The number of halogens is 3. The molecule has 7 nitrogen and oxygen atoms in total. The van der Waals surface area contributed by atoms with Gasteiger partial charge in [0.25, 0.3) is 0 Å². The first-order valence-electron chi connectivity index (χ1n) is 8.85. The summed E-state index contributed by atoms with van der Waals surface area (Å²) in [4.78, 5) is 12.6. The number of nitrogens with one attached hydrogen (secondary N) is 2. The Morgan fingerprint density at radius 1 is 1.33 bits per heavy atom. The van der Waals surface area contributed by atoms with Crippen LogP contribution in [0.25, 0.3) is 0 Å². The zero-order chi connectivity index (χ0) is 20.3. The van der Waals surface area contributed by atoms with Gasteiger partial charge in [0.1, 0.15) is 29.9 Å². The maximum atomic E-state index is 12.6. The molecule has 0 aromatic heterocycles. The van der Waals surface area contributed by atoms with Crippen molar-refractivity contribution < 1.29 is 33.6 Å². The predicted octanol–water partition coefficient (Wildman–Crippen LogP) is -0.0976. The SMILES string of the molecule is CS[C@H]1O[C@H]([C@H](NC(=O)[C@H]2NC[C@@H]2CCC(F)F)[C@H](C)Cl)[C@H](O)[C@H](O)[C@H]1O. The normalized spacial score (nSPS) is 38.9. The summed E-state index contributed by atoms with van der Waals surface area (Å²) in [6.07, 6.45) is -5.97. The highest BCUT2D eigenvalue weighted by Crippen LogP contribution is 2.30. The molecule has 2 fully saturated rings. The molecular weight excluding hydrogens is 406 g/mol. The van der Waals surface area contributed by atoms with Crippen LogP contribution < -0.4 is 10.6 Å². The van der Waals surface area contributed by atoms with Crippen LogP contribution in [0.1, 0.15) is 19.8 Å². The molecule has 158 valence electrons. The number of hydrogen-bond donors (Lipinski definition) is 5. The summed E-state index contributed by atoms with van der Waals surface area (Å²) in [6, 6.07) is -1.46. The summed E-state index contributed by atoms with van der Waals surface area (Å²) >= 11 is 7.35.